The van der Waals surface area contributed by atoms with E-state index in [1.165, 1.54) is 11.8 Å². The minimum absolute atomic E-state index is 0.00346. The van der Waals surface area contributed by atoms with Gasteiger partial charge >= 0.3 is 0 Å². The highest BCUT2D eigenvalue weighted by Gasteiger charge is 2.30. The molecule has 27 heavy (non-hydrogen) atoms. The SMILES string of the molecule is CC.CCN1/C(=C/C(C)=O)Sc2ccc(O)c(-c3cc(C)c(C)cc3Cl)c21. The Hall–Kier alpha value is -1.91. The highest BCUT2D eigenvalue weighted by Crippen LogP contribution is 2.54. The summed E-state index contributed by atoms with van der Waals surface area (Å²) in [6.45, 7) is 12.3. The number of carbonyl (C=O) groups excluding carboxylic acids is 1. The molecule has 1 N–H and O–H groups in total. The van der Waals surface area contributed by atoms with Crippen LogP contribution in [0.1, 0.15) is 38.8 Å². The average molecular weight is 404 g/mol. The van der Waals surface area contributed by atoms with Crippen LogP contribution < -0.4 is 4.90 Å². The van der Waals surface area contributed by atoms with E-state index in [1.807, 2.05) is 52.8 Å². The summed E-state index contributed by atoms with van der Waals surface area (Å²) in [5, 5.41) is 12.1. The fraction of sp³-hybridized carbons (Fsp3) is 0.318. The molecule has 1 heterocycles. The zero-order valence-electron chi connectivity index (χ0n) is 16.7. The van der Waals surface area contributed by atoms with Gasteiger partial charge in [-0.25, -0.2) is 0 Å². The first kappa shape index (κ1) is 21.4. The molecular weight excluding hydrogens is 378 g/mol. The molecule has 5 heteroatoms. The van der Waals surface area contributed by atoms with E-state index in [9.17, 15) is 9.90 Å². The molecule has 3 nitrogen and oxygen atoms in total. The lowest BCUT2D eigenvalue weighted by Crippen LogP contribution is -2.18. The van der Waals surface area contributed by atoms with Crippen LogP contribution in [0, 0.1) is 13.8 Å². The number of allylic oxidation sites excluding steroid dienone is 1. The van der Waals surface area contributed by atoms with Crippen LogP contribution in [-0.4, -0.2) is 17.4 Å². The maximum Gasteiger partial charge on any atom is 0.155 e. The number of thioether (sulfide) groups is 1. The van der Waals surface area contributed by atoms with Crippen molar-refractivity contribution in [1.29, 1.82) is 0 Å². The first-order chi connectivity index (χ1) is 12.8. The number of nitrogens with zero attached hydrogens (tertiary/aromatic N) is 1. The number of aryl methyl sites for hydroxylation is 2. The van der Waals surface area contributed by atoms with E-state index in [-0.39, 0.29) is 11.5 Å². The van der Waals surface area contributed by atoms with Crippen molar-refractivity contribution in [3.8, 4) is 16.9 Å². The van der Waals surface area contributed by atoms with Crippen molar-refractivity contribution in [3.05, 3.63) is 51.5 Å². The molecule has 0 aliphatic carbocycles. The topological polar surface area (TPSA) is 40.5 Å². The Labute approximate surface area is 171 Å². The zero-order valence-corrected chi connectivity index (χ0v) is 18.3. The van der Waals surface area contributed by atoms with E-state index in [0.717, 1.165) is 32.3 Å². The van der Waals surface area contributed by atoms with E-state index >= 15 is 0 Å². The van der Waals surface area contributed by atoms with Gasteiger partial charge in [0.25, 0.3) is 0 Å². The number of phenols is 1. The number of phenolic OH excluding ortho intramolecular Hbond substituents is 1. The van der Waals surface area contributed by atoms with Crippen molar-refractivity contribution < 1.29 is 9.90 Å². The molecule has 0 fully saturated rings. The Morgan fingerprint density at radius 1 is 1.22 bits per heavy atom. The van der Waals surface area contributed by atoms with Gasteiger partial charge in [0.05, 0.1) is 10.7 Å². The summed E-state index contributed by atoms with van der Waals surface area (Å²) in [4.78, 5) is 14.7. The van der Waals surface area contributed by atoms with E-state index in [4.69, 9.17) is 11.6 Å². The van der Waals surface area contributed by atoms with Gasteiger partial charge in [-0.15, -0.1) is 0 Å². The molecule has 2 aromatic rings. The second kappa shape index (κ2) is 8.85. The van der Waals surface area contributed by atoms with Gasteiger partial charge in [-0.05, 0) is 63.1 Å². The third-order valence-corrected chi connectivity index (χ3v) is 5.77. The van der Waals surface area contributed by atoms with E-state index in [2.05, 4.69) is 4.90 Å². The molecular formula is C22H26ClNO2S. The summed E-state index contributed by atoms with van der Waals surface area (Å²) in [5.74, 6) is 0.191. The van der Waals surface area contributed by atoms with Crippen LogP contribution in [-0.2, 0) is 4.79 Å². The molecule has 0 bridgehead atoms. The summed E-state index contributed by atoms with van der Waals surface area (Å²) >= 11 is 8.06. The molecule has 3 rings (SSSR count). The van der Waals surface area contributed by atoms with Crippen LogP contribution in [0.15, 0.2) is 40.3 Å². The summed E-state index contributed by atoms with van der Waals surface area (Å²) < 4.78 is 0. The number of halogens is 1. The summed E-state index contributed by atoms with van der Waals surface area (Å²) in [7, 11) is 0. The minimum Gasteiger partial charge on any atom is -0.507 e. The smallest absolute Gasteiger partial charge is 0.155 e. The van der Waals surface area contributed by atoms with E-state index in [1.54, 1.807) is 19.1 Å². The Bertz CT molecular complexity index is 906. The third kappa shape index (κ3) is 4.17. The largest absolute Gasteiger partial charge is 0.507 e. The first-order valence-corrected chi connectivity index (χ1v) is 10.3. The molecule has 0 saturated heterocycles. The predicted molar refractivity (Wildman–Crippen MR) is 117 cm³/mol. The maximum atomic E-state index is 11.6. The van der Waals surface area contributed by atoms with Crippen molar-refractivity contribution in [2.75, 3.05) is 11.4 Å². The Morgan fingerprint density at radius 3 is 2.44 bits per heavy atom. The number of fused-ring (bicyclic) bond motifs is 1. The summed E-state index contributed by atoms with van der Waals surface area (Å²) in [5.41, 5.74) is 4.66. The van der Waals surface area contributed by atoms with Gasteiger partial charge in [-0.1, -0.05) is 37.2 Å². The van der Waals surface area contributed by atoms with Crippen LogP contribution in [0.4, 0.5) is 5.69 Å². The second-order valence-corrected chi connectivity index (χ2v) is 7.63. The Morgan fingerprint density at radius 2 is 1.85 bits per heavy atom. The van der Waals surface area contributed by atoms with Gasteiger partial charge in [-0.2, -0.15) is 0 Å². The fourth-order valence-corrected chi connectivity index (χ4v) is 4.56. The van der Waals surface area contributed by atoms with Gasteiger partial charge < -0.3 is 10.0 Å². The van der Waals surface area contributed by atoms with Crippen molar-refractivity contribution in [2.24, 2.45) is 0 Å². The number of ketones is 1. The monoisotopic (exact) mass is 403 g/mol. The van der Waals surface area contributed by atoms with Gasteiger partial charge in [-0.3, -0.25) is 4.79 Å². The van der Waals surface area contributed by atoms with Crippen LogP contribution in [0.3, 0.4) is 0 Å². The molecule has 0 spiro atoms. The standard InChI is InChI=1S/C20H20ClNO2S.C2H6/c1-5-22-18(10-13(4)23)25-17-7-6-16(24)19(20(17)22)14-8-11(2)12(3)9-15(14)21;1-2/h6-10,24H,5H2,1-4H3;1-2H3/b18-10-;. The lowest BCUT2D eigenvalue weighted by molar-refractivity contribution is -0.112. The van der Waals surface area contributed by atoms with Gasteiger partial charge in [0.15, 0.2) is 5.78 Å². The van der Waals surface area contributed by atoms with Gasteiger partial charge in [0, 0.05) is 33.7 Å². The minimum atomic E-state index is 0.00346. The van der Waals surface area contributed by atoms with Crippen molar-refractivity contribution >= 4 is 34.8 Å². The molecule has 2 aromatic carbocycles. The molecule has 1 aliphatic heterocycles. The van der Waals surface area contributed by atoms with Crippen molar-refractivity contribution in [3.63, 3.8) is 0 Å². The molecule has 0 saturated carbocycles. The lowest BCUT2D eigenvalue weighted by Gasteiger charge is -2.22. The lowest BCUT2D eigenvalue weighted by atomic mass is 9.97. The average Bonchev–Trinajstić information content (AvgIpc) is 2.96. The quantitative estimate of drug-likeness (QED) is 0.577. The van der Waals surface area contributed by atoms with Crippen LogP contribution in [0.2, 0.25) is 5.02 Å². The van der Waals surface area contributed by atoms with Gasteiger partial charge in [0.1, 0.15) is 5.75 Å². The van der Waals surface area contributed by atoms with Crippen molar-refractivity contribution in [2.45, 2.75) is 46.4 Å². The maximum absolute atomic E-state index is 11.6. The molecule has 0 unspecified atom stereocenters. The highest BCUT2D eigenvalue weighted by molar-refractivity contribution is 8.03. The molecule has 0 radical (unpaired) electrons. The predicted octanol–water partition coefficient (Wildman–Crippen LogP) is 6.72. The molecule has 0 aromatic heterocycles. The Balaban J connectivity index is 0.00000126. The molecule has 0 amide bonds. The zero-order chi connectivity index (χ0) is 20.3. The number of benzene rings is 2. The molecule has 0 atom stereocenters. The van der Waals surface area contributed by atoms with Crippen LogP contribution in [0.5, 0.6) is 5.75 Å². The number of carbonyl (C=O) groups is 1. The van der Waals surface area contributed by atoms with Crippen molar-refractivity contribution in [1.82, 2.24) is 0 Å². The molecule has 1 aliphatic rings. The van der Waals surface area contributed by atoms with E-state index < -0.39 is 0 Å². The number of hydrogen-bond donors (Lipinski definition) is 1. The number of rotatable bonds is 3. The highest BCUT2D eigenvalue weighted by atomic mass is 35.5. The molecule has 144 valence electrons. The number of hydrogen-bond acceptors (Lipinski definition) is 4. The first-order valence-electron chi connectivity index (χ1n) is 9.14. The summed E-state index contributed by atoms with van der Waals surface area (Å²) in [6, 6.07) is 7.52. The van der Waals surface area contributed by atoms with Crippen LogP contribution >= 0.6 is 23.4 Å². The Kier molecular flexibility index (Phi) is 7.01. The van der Waals surface area contributed by atoms with Gasteiger partial charge in [0.2, 0.25) is 0 Å². The van der Waals surface area contributed by atoms with Crippen LogP contribution in [0.25, 0.3) is 11.1 Å². The third-order valence-electron chi connectivity index (χ3n) is 4.37. The van der Waals surface area contributed by atoms with E-state index in [0.29, 0.717) is 17.1 Å². The number of aromatic hydroxyl groups is 1. The number of anilines is 1. The second-order valence-electron chi connectivity index (χ2n) is 6.16. The normalized spacial score (nSPS) is 14.0. The fourth-order valence-electron chi connectivity index (χ4n) is 3.02. The summed E-state index contributed by atoms with van der Waals surface area (Å²) in [6.07, 6.45) is 1.64.